The van der Waals surface area contributed by atoms with Crippen LogP contribution in [0.4, 0.5) is 0 Å². The first kappa shape index (κ1) is 14.1. The summed E-state index contributed by atoms with van der Waals surface area (Å²) >= 11 is 0. The molecule has 2 heterocycles. The molecule has 1 aromatic rings. The van der Waals surface area contributed by atoms with Crippen LogP contribution >= 0.6 is 0 Å². The van der Waals surface area contributed by atoms with Gasteiger partial charge in [-0.05, 0) is 27.9 Å². The standard InChI is InChI=1S/C14H24N4O/c1-11(2)18-8-7-15-13(18)5-6-14(19)17-9-12(10-17)16(3)4/h7-8,11-12H,5-6,9-10H2,1-4H3. The van der Waals surface area contributed by atoms with Gasteiger partial charge in [0.2, 0.25) is 5.91 Å². The van der Waals surface area contributed by atoms with E-state index in [1.807, 2.05) is 17.3 Å². The SMILES string of the molecule is CC(C)n1ccnc1CCC(=O)N1CC(N(C)C)C1. The number of amides is 1. The number of hydrogen-bond acceptors (Lipinski definition) is 3. The van der Waals surface area contributed by atoms with E-state index >= 15 is 0 Å². The van der Waals surface area contributed by atoms with Crippen molar-refractivity contribution in [2.45, 2.75) is 38.8 Å². The van der Waals surface area contributed by atoms with Crippen LogP contribution in [0.3, 0.4) is 0 Å². The van der Waals surface area contributed by atoms with Crippen molar-refractivity contribution in [3.8, 4) is 0 Å². The number of carbonyl (C=O) groups is 1. The van der Waals surface area contributed by atoms with Gasteiger partial charge in [0.25, 0.3) is 0 Å². The Morgan fingerprint density at radius 2 is 2.16 bits per heavy atom. The fourth-order valence-corrected chi connectivity index (χ4v) is 2.37. The molecule has 0 aromatic carbocycles. The van der Waals surface area contributed by atoms with E-state index in [9.17, 15) is 4.79 Å². The van der Waals surface area contributed by atoms with Gasteiger partial charge in [-0.3, -0.25) is 4.79 Å². The molecule has 2 rings (SSSR count). The van der Waals surface area contributed by atoms with Gasteiger partial charge in [0.15, 0.2) is 0 Å². The van der Waals surface area contributed by atoms with E-state index in [1.54, 1.807) is 0 Å². The number of hydrogen-bond donors (Lipinski definition) is 0. The van der Waals surface area contributed by atoms with Crippen LogP contribution in [-0.4, -0.2) is 58.5 Å². The number of carbonyl (C=O) groups excluding carboxylic acids is 1. The quantitative estimate of drug-likeness (QED) is 0.801. The van der Waals surface area contributed by atoms with Crippen molar-refractivity contribution in [3.63, 3.8) is 0 Å². The number of aromatic nitrogens is 2. The molecule has 106 valence electrons. The van der Waals surface area contributed by atoms with Crippen molar-refractivity contribution in [2.24, 2.45) is 0 Å². The molecule has 0 spiro atoms. The van der Waals surface area contributed by atoms with Gasteiger partial charge < -0.3 is 14.4 Å². The lowest BCUT2D eigenvalue weighted by Crippen LogP contribution is -2.59. The molecular formula is C14H24N4O. The van der Waals surface area contributed by atoms with Crippen molar-refractivity contribution in [1.82, 2.24) is 19.4 Å². The van der Waals surface area contributed by atoms with Gasteiger partial charge in [0.1, 0.15) is 5.82 Å². The summed E-state index contributed by atoms with van der Waals surface area (Å²) in [5.41, 5.74) is 0. The average Bonchev–Trinajstić information content (AvgIpc) is 2.71. The second kappa shape index (κ2) is 5.74. The van der Waals surface area contributed by atoms with Crippen LogP contribution in [0.1, 0.15) is 32.1 Å². The first-order valence-corrected chi connectivity index (χ1v) is 6.95. The molecule has 1 aromatic heterocycles. The fraction of sp³-hybridized carbons (Fsp3) is 0.714. The normalized spacial score (nSPS) is 16.2. The monoisotopic (exact) mass is 264 g/mol. The third kappa shape index (κ3) is 3.15. The fourth-order valence-electron chi connectivity index (χ4n) is 2.37. The van der Waals surface area contributed by atoms with Crippen LogP contribution in [0, 0.1) is 0 Å². The smallest absolute Gasteiger partial charge is 0.223 e. The number of likely N-dealkylation sites (tertiary alicyclic amines) is 1. The number of imidazole rings is 1. The van der Waals surface area contributed by atoms with Crippen molar-refractivity contribution in [2.75, 3.05) is 27.2 Å². The third-order valence-corrected chi connectivity index (χ3v) is 3.81. The van der Waals surface area contributed by atoms with Gasteiger partial charge in [-0.2, -0.15) is 0 Å². The minimum Gasteiger partial charge on any atom is -0.339 e. The molecule has 0 N–H and O–H groups in total. The van der Waals surface area contributed by atoms with E-state index in [4.69, 9.17) is 0 Å². The van der Waals surface area contributed by atoms with E-state index < -0.39 is 0 Å². The summed E-state index contributed by atoms with van der Waals surface area (Å²) in [6.07, 6.45) is 5.08. The Kier molecular flexibility index (Phi) is 4.24. The van der Waals surface area contributed by atoms with Crippen molar-refractivity contribution in [1.29, 1.82) is 0 Å². The maximum Gasteiger partial charge on any atom is 0.223 e. The molecule has 1 saturated heterocycles. The zero-order valence-electron chi connectivity index (χ0n) is 12.3. The summed E-state index contributed by atoms with van der Waals surface area (Å²) in [6, 6.07) is 0.927. The molecule has 0 radical (unpaired) electrons. The van der Waals surface area contributed by atoms with Crippen LogP contribution in [0.15, 0.2) is 12.4 Å². The molecule has 0 unspecified atom stereocenters. The first-order chi connectivity index (χ1) is 8.99. The van der Waals surface area contributed by atoms with E-state index in [0.717, 1.165) is 25.3 Å². The Bertz CT molecular complexity index is 432. The molecule has 0 aliphatic carbocycles. The van der Waals surface area contributed by atoms with Gasteiger partial charge in [-0.25, -0.2) is 4.98 Å². The third-order valence-electron chi connectivity index (χ3n) is 3.81. The topological polar surface area (TPSA) is 41.4 Å². The molecule has 5 nitrogen and oxygen atoms in total. The highest BCUT2D eigenvalue weighted by Gasteiger charge is 2.31. The second-order valence-electron chi connectivity index (χ2n) is 5.76. The minimum atomic E-state index is 0.247. The van der Waals surface area contributed by atoms with Crippen LogP contribution in [-0.2, 0) is 11.2 Å². The van der Waals surface area contributed by atoms with E-state index in [1.165, 1.54) is 0 Å². The maximum absolute atomic E-state index is 12.0. The predicted octanol–water partition coefficient (Wildman–Crippen LogP) is 1.17. The minimum absolute atomic E-state index is 0.247. The van der Waals surface area contributed by atoms with E-state index in [0.29, 0.717) is 18.5 Å². The summed E-state index contributed by atoms with van der Waals surface area (Å²) < 4.78 is 2.13. The Balaban J connectivity index is 1.80. The van der Waals surface area contributed by atoms with Crippen molar-refractivity contribution >= 4 is 5.91 Å². The van der Waals surface area contributed by atoms with Crippen LogP contribution in [0.25, 0.3) is 0 Å². The molecular weight excluding hydrogens is 240 g/mol. The second-order valence-corrected chi connectivity index (χ2v) is 5.76. The summed E-state index contributed by atoms with van der Waals surface area (Å²) in [6.45, 7) is 5.99. The van der Waals surface area contributed by atoms with E-state index in [-0.39, 0.29) is 5.91 Å². The molecule has 1 amide bonds. The zero-order valence-corrected chi connectivity index (χ0v) is 12.3. The summed E-state index contributed by atoms with van der Waals surface area (Å²) in [4.78, 5) is 20.5. The lowest BCUT2D eigenvalue weighted by molar-refractivity contribution is -0.137. The van der Waals surface area contributed by atoms with Crippen LogP contribution in [0.5, 0.6) is 0 Å². The molecule has 0 atom stereocenters. The highest BCUT2D eigenvalue weighted by Crippen LogP contribution is 2.15. The largest absolute Gasteiger partial charge is 0.339 e. The lowest BCUT2D eigenvalue weighted by Gasteiger charge is -2.42. The average molecular weight is 264 g/mol. The summed E-state index contributed by atoms with van der Waals surface area (Å²) in [5.74, 6) is 1.25. The van der Waals surface area contributed by atoms with Crippen molar-refractivity contribution in [3.05, 3.63) is 18.2 Å². The number of rotatable bonds is 5. The Labute approximate surface area is 115 Å². The highest BCUT2D eigenvalue weighted by molar-refractivity contribution is 5.77. The Morgan fingerprint density at radius 1 is 1.47 bits per heavy atom. The first-order valence-electron chi connectivity index (χ1n) is 6.95. The van der Waals surface area contributed by atoms with E-state index in [2.05, 4.69) is 42.4 Å². The lowest BCUT2D eigenvalue weighted by atomic mass is 10.1. The predicted molar refractivity (Wildman–Crippen MR) is 75.0 cm³/mol. The molecule has 5 heteroatoms. The Hall–Kier alpha value is -1.36. The number of aryl methyl sites for hydroxylation is 1. The van der Waals surface area contributed by atoms with Gasteiger partial charge in [-0.15, -0.1) is 0 Å². The molecule has 1 aliphatic heterocycles. The molecule has 1 fully saturated rings. The molecule has 0 saturated carbocycles. The van der Waals surface area contributed by atoms with Gasteiger partial charge in [-0.1, -0.05) is 0 Å². The van der Waals surface area contributed by atoms with Gasteiger partial charge in [0.05, 0.1) is 0 Å². The van der Waals surface area contributed by atoms with Crippen molar-refractivity contribution < 1.29 is 4.79 Å². The van der Waals surface area contributed by atoms with Crippen LogP contribution in [0.2, 0.25) is 0 Å². The molecule has 1 aliphatic rings. The summed E-state index contributed by atoms with van der Waals surface area (Å²) in [5, 5.41) is 0. The van der Waals surface area contributed by atoms with Gasteiger partial charge in [0, 0.05) is 50.4 Å². The molecule has 19 heavy (non-hydrogen) atoms. The highest BCUT2D eigenvalue weighted by atomic mass is 16.2. The number of nitrogens with zero attached hydrogens (tertiary/aromatic N) is 4. The summed E-state index contributed by atoms with van der Waals surface area (Å²) in [7, 11) is 4.12. The van der Waals surface area contributed by atoms with Crippen LogP contribution < -0.4 is 0 Å². The Morgan fingerprint density at radius 3 is 2.74 bits per heavy atom. The maximum atomic E-state index is 12.0. The zero-order chi connectivity index (χ0) is 14.0. The number of likely N-dealkylation sites (N-methyl/N-ethyl adjacent to an activating group) is 1. The molecule has 0 bridgehead atoms. The van der Waals surface area contributed by atoms with Gasteiger partial charge >= 0.3 is 0 Å².